The van der Waals surface area contributed by atoms with Crippen molar-refractivity contribution in [1.29, 1.82) is 0 Å². The first-order valence-corrected chi connectivity index (χ1v) is 5.59. The van der Waals surface area contributed by atoms with E-state index >= 15 is 0 Å². The highest BCUT2D eigenvalue weighted by Gasteiger charge is 2.21. The molecule has 1 aromatic heterocycles. The van der Waals surface area contributed by atoms with Gasteiger partial charge in [0.2, 0.25) is 0 Å². The fourth-order valence-corrected chi connectivity index (χ4v) is 2.23. The third-order valence-electron chi connectivity index (χ3n) is 3.09. The van der Waals surface area contributed by atoms with Gasteiger partial charge in [-0.1, -0.05) is 6.07 Å². The van der Waals surface area contributed by atoms with Gasteiger partial charge in [0.05, 0.1) is 17.9 Å². The monoisotopic (exact) mass is 220 g/mol. The number of hydrogen-bond acceptors (Lipinski definition) is 2. The first-order chi connectivity index (χ1) is 7.86. The van der Waals surface area contributed by atoms with Gasteiger partial charge in [0.15, 0.2) is 5.82 Å². The van der Waals surface area contributed by atoms with Crippen LogP contribution in [0.1, 0.15) is 30.9 Å². The van der Waals surface area contributed by atoms with Crippen molar-refractivity contribution in [3.63, 3.8) is 0 Å². The second kappa shape index (κ2) is 3.87. The van der Waals surface area contributed by atoms with E-state index in [1.54, 1.807) is 6.07 Å². The van der Waals surface area contributed by atoms with Crippen molar-refractivity contribution >= 4 is 11.0 Å². The van der Waals surface area contributed by atoms with Crippen LogP contribution in [-0.4, -0.2) is 16.6 Å². The minimum absolute atomic E-state index is 0.0959. The van der Waals surface area contributed by atoms with Gasteiger partial charge in [0.1, 0.15) is 5.52 Å². The first-order valence-electron chi connectivity index (χ1n) is 5.59. The van der Waals surface area contributed by atoms with Gasteiger partial charge in [-0.3, -0.25) is 0 Å². The third kappa shape index (κ3) is 1.50. The Balaban J connectivity index is 2.05. The van der Waals surface area contributed by atoms with Crippen LogP contribution in [0.3, 0.4) is 0 Å². The molecular formula is C12H13FN2O. The van der Waals surface area contributed by atoms with Gasteiger partial charge in [0, 0.05) is 12.2 Å². The number of nitrogens with zero attached hydrogens (tertiary/aromatic N) is 1. The second-order valence-corrected chi connectivity index (χ2v) is 4.12. The molecule has 1 unspecified atom stereocenters. The number of fused-ring (bicyclic) bond motifs is 1. The summed E-state index contributed by atoms with van der Waals surface area (Å²) in [6, 6.07) is 3.62. The van der Waals surface area contributed by atoms with Gasteiger partial charge in [-0.15, -0.1) is 0 Å². The van der Waals surface area contributed by atoms with E-state index in [1.165, 1.54) is 6.33 Å². The topological polar surface area (TPSA) is 37.9 Å². The van der Waals surface area contributed by atoms with Crippen molar-refractivity contribution in [2.75, 3.05) is 6.61 Å². The maximum Gasteiger partial charge on any atom is 0.154 e. The zero-order chi connectivity index (χ0) is 11.0. The largest absolute Gasteiger partial charge is 0.373 e. The first kappa shape index (κ1) is 9.78. The van der Waals surface area contributed by atoms with Crippen LogP contribution in [0.2, 0.25) is 0 Å². The smallest absolute Gasteiger partial charge is 0.154 e. The lowest BCUT2D eigenvalue weighted by atomic mass is 10.0. The summed E-state index contributed by atoms with van der Waals surface area (Å²) in [4.78, 5) is 6.86. The molecule has 0 aliphatic carbocycles. The number of aromatic nitrogens is 2. The van der Waals surface area contributed by atoms with Crippen LogP contribution < -0.4 is 0 Å². The minimum Gasteiger partial charge on any atom is -0.373 e. The molecule has 84 valence electrons. The molecule has 0 saturated carbocycles. The number of hydrogen-bond donors (Lipinski definition) is 1. The van der Waals surface area contributed by atoms with E-state index in [0.29, 0.717) is 16.6 Å². The van der Waals surface area contributed by atoms with E-state index in [0.717, 1.165) is 25.9 Å². The highest BCUT2D eigenvalue weighted by Crippen LogP contribution is 2.31. The minimum atomic E-state index is -0.220. The normalized spacial score (nSPS) is 21.4. The summed E-state index contributed by atoms with van der Waals surface area (Å²) < 4.78 is 19.7. The Morgan fingerprint density at radius 3 is 3.12 bits per heavy atom. The number of aromatic amines is 1. The van der Waals surface area contributed by atoms with Crippen LogP contribution in [0, 0.1) is 5.82 Å². The lowest BCUT2D eigenvalue weighted by molar-refractivity contribution is 0.0130. The molecule has 0 radical (unpaired) electrons. The van der Waals surface area contributed by atoms with E-state index < -0.39 is 0 Å². The van der Waals surface area contributed by atoms with Crippen LogP contribution in [-0.2, 0) is 4.74 Å². The Morgan fingerprint density at radius 2 is 2.31 bits per heavy atom. The molecule has 3 rings (SSSR count). The average molecular weight is 220 g/mol. The molecule has 1 aliphatic heterocycles. The molecular weight excluding hydrogens is 207 g/mol. The Morgan fingerprint density at radius 1 is 1.38 bits per heavy atom. The summed E-state index contributed by atoms with van der Waals surface area (Å²) in [6.45, 7) is 0.727. The van der Waals surface area contributed by atoms with E-state index in [9.17, 15) is 4.39 Å². The molecule has 1 aromatic carbocycles. The highest BCUT2D eigenvalue weighted by molar-refractivity contribution is 5.76. The van der Waals surface area contributed by atoms with Gasteiger partial charge >= 0.3 is 0 Å². The van der Waals surface area contributed by atoms with Gasteiger partial charge in [-0.2, -0.15) is 0 Å². The maximum absolute atomic E-state index is 14.1. The van der Waals surface area contributed by atoms with E-state index in [1.807, 2.05) is 6.07 Å². The Bertz CT molecular complexity index is 503. The predicted molar refractivity (Wildman–Crippen MR) is 58.6 cm³/mol. The van der Waals surface area contributed by atoms with Crippen molar-refractivity contribution in [3.8, 4) is 0 Å². The molecule has 1 aliphatic rings. The Labute approximate surface area is 92.6 Å². The van der Waals surface area contributed by atoms with Crippen LogP contribution in [0.25, 0.3) is 11.0 Å². The molecule has 16 heavy (non-hydrogen) atoms. The van der Waals surface area contributed by atoms with Crippen molar-refractivity contribution in [1.82, 2.24) is 9.97 Å². The fraction of sp³-hybridized carbons (Fsp3) is 0.417. The molecule has 3 nitrogen and oxygen atoms in total. The number of halogens is 1. The predicted octanol–water partition coefficient (Wildman–Crippen LogP) is 2.94. The van der Waals surface area contributed by atoms with Gasteiger partial charge in [-0.25, -0.2) is 9.37 Å². The lowest BCUT2D eigenvalue weighted by Crippen LogP contribution is -2.13. The summed E-state index contributed by atoms with van der Waals surface area (Å²) in [5, 5.41) is 0. The zero-order valence-corrected chi connectivity index (χ0v) is 8.87. The van der Waals surface area contributed by atoms with Crippen molar-refractivity contribution in [3.05, 3.63) is 29.8 Å². The van der Waals surface area contributed by atoms with Crippen LogP contribution in [0.15, 0.2) is 18.5 Å². The quantitative estimate of drug-likeness (QED) is 0.802. The number of imidazole rings is 1. The zero-order valence-electron chi connectivity index (χ0n) is 8.87. The van der Waals surface area contributed by atoms with Gasteiger partial charge in [-0.05, 0) is 25.3 Å². The summed E-state index contributed by atoms with van der Waals surface area (Å²) in [6.07, 6.45) is 4.49. The number of H-pyrrole nitrogens is 1. The van der Waals surface area contributed by atoms with Crippen molar-refractivity contribution in [2.24, 2.45) is 0 Å². The van der Waals surface area contributed by atoms with Crippen molar-refractivity contribution in [2.45, 2.75) is 25.4 Å². The summed E-state index contributed by atoms with van der Waals surface area (Å²) >= 11 is 0. The lowest BCUT2D eigenvalue weighted by Gasteiger charge is -2.23. The van der Waals surface area contributed by atoms with Crippen LogP contribution >= 0.6 is 0 Å². The Kier molecular flexibility index (Phi) is 2.36. The molecule has 1 atom stereocenters. The van der Waals surface area contributed by atoms with Crippen LogP contribution in [0.4, 0.5) is 4.39 Å². The molecule has 4 heteroatoms. The third-order valence-corrected chi connectivity index (χ3v) is 3.09. The second-order valence-electron chi connectivity index (χ2n) is 4.12. The maximum atomic E-state index is 14.1. The molecule has 1 saturated heterocycles. The molecule has 2 heterocycles. The number of nitrogens with one attached hydrogen (secondary N) is 1. The molecule has 2 aromatic rings. The standard InChI is InChI=1S/C12H13FN2O/c13-11-8(10-3-1-2-6-16-10)4-5-9-12(11)15-7-14-9/h4-5,7,10H,1-3,6H2,(H,14,15). The fourth-order valence-electron chi connectivity index (χ4n) is 2.23. The summed E-state index contributed by atoms with van der Waals surface area (Å²) in [7, 11) is 0. The van der Waals surface area contributed by atoms with Crippen LogP contribution in [0.5, 0.6) is 0 Å². The average Bonchev–Trinajstić information content (AvgIpc) is 2.80. The number of benzene rings is 1. The van der Waals surface area contributed by atoms with Gasteiger partial charge in [0.25, 0.3) is 0 Å². The van der Waals surface area contributed by atoms with E-state index in [4.69, 9.17) is 4.74 Å². The Hall–Kier alpha value is -1.42. The van der Waals surface area contributed by atoms with E-state index in [-0.39, 0.29) is 11.9 Å². The highest BCUT2D eigenvalue weighted by atomic mass is 19.1. The molecule has 1 N–H and O–H groups in total. The van der Waals surface area contributed by atoms with E-state index in [2.05, 4.69) is 9.97 Å². The molecule has 0 amide bonds. The summed E-state index contributed by atoms with van der Waals surface area (Å²) in [5.74, 6) is -0.220. The summed E-state index contributed by atoms with van der Waals surface area (Å²) in [5.41, 5.74) is 1.79. The molecule has 0 bridgehead atoms. The SMILES string of the molecule is Fc1c(C2CCCCO2)ccc2nc[nH]c12. The van der Waals surface area contributed by atoms with Gasteiger partial charge < -0.3 is 9.72 Å². The number of rotatable bonds is 1. The van der Waals surface area contributed by atoms with Crippen molar-refractivity contribution < 1.29 is 9.13 Å². The molecule has 1 fully saturated rings. The number of ether oxygens (including phenoxy) is 1. The molecule has 0 spiro atoms.